The Morgan fingerprint density at radius 1 is 1.18 bits per heavy atom. The number of hydrogen-bond donors (Lipinski definition) is 2. The van der Waals surface area contributed by atoms with Crippen LogP contribution in [0.15, 0.2) is 0 Å². The highest BCUT2D eigenvalue weighted by atomic mass is 16.4. The van der Waals surface area contributed by atoms with Crippen LogP contribution in [-0.4, -0.2) is 46.4 Å². The zero-order valence-electron chi connectivity index (χ0n) is 13.2. The average Bonchev–Trinajstić information content (AvgIpc) is 3.17. The molecule has 22 heavy (non-hydrogen) atoms. The number of nitrogens with one attached hydrogen (secondary N) is 1. The van der Waals surface area contributed by atoms with E-state index in [0.717, 1.165) is 19.3 Å². The van der Waals surface area contributed by atoms with Crippen LogP contribution >= 0.6 is 0 Å². The topological polar surface area (TPSA) is 86.7 Å². The molecular formula is C16H26N2O4. The van der Waals surface area contributed by atoms with Crippen molar-refractivity contribution >= 4 is 17.8 Å². The Kier molecular flexibility index (Phi) is 5.80. The van der Waals surface area contributed by atoms with Gasteiger partial charge < -0.3 is 15.3 Å². The van der Waals surface area contributed by atoms with Gasteiger partial charge in [-0.15, -0.1) is 0 Å². The molecule has 0 spiro atoms. The van der Waals surface area contributed by atoms with E-state index in [1.54, 1.807) is 0 Å². The highest BCUT2D eigenvalue weighted by molar-refractivity contribution is 5.88. The highest BCUT2D eigenvalue weighted by Crippen LogP contribution is 2.29. The molecule has 124 valence electrons. The lowest BCUT2D eigenvalue weighted by molar-refractivity contribution is -0.149. The molecule has 0 heterocycles. The summed E-state index contributed by atoms with van der Waals surface area (Å²) in [5, 5.41) is 11.7. The van der Waals surface area contributed by atoms with E-state index in [1.807, 2.05) is 0 Å². The maximum atomic E-state index is 12.2. The van der Waals surface area contributed by atoms with E-state index >= 15 is 0 Å². The Bertz CT molecular complexity index is 428. The van der Waals surface area contributed by atoms with Crippen LogP contribution in [0.4, 0.5) is 0 Å². The summed E-state index contributed by atoms with van der Waals surface area (Å²) in [6.45, 7) is 1.41. The molecule has 0 aromatic rings. The zero-order chi connectivity index (χ0) is 16.1. The van der Waals surface area contributed by atoms with Crippen molar-refractivity contribution in [3.63, 3.8) is 0 Å². The third-order valence-corrected chi connectivity index (χ3v) is 4.69. The molecule has 2 fully saturated rings. The van der Waals surface area contributed by atoms with Crippen molar-refractivity contribution in [2.24, 2.45) is 5.92 Å². The van der Waals surface area contributed by atoms with Gasteiger partial charge in [-0.3, -0.25) is 9.59 Å². The Morgan fingerprint density at radius 2 is 1.82 bits per heavy atom. The first-order chi connectivity index (χ1) is 10.5. The quantitative estimate of drug-likeness (QED) is 0.712. The maximum absolute atomic E-state index is 12.2. The van der Waals surface area contributed by atoms with Crippen LogP contribution in [-0.2, 0) is 14.4 Å². The highest BCUT2D eigenvalue weighted by Gasteiger charge is 2.38. The third-order valence-electron chi connectivity index (χ3n) is 4.69. The Labute approximate surface area is 131 Å². The minimum atomic E-state index is -1.01. The van der Waals surface area contributed by atoms with Crippen molar-refractivity contribution in [2.75, 3.05) is 6.54 Å². The standard InChI is InChI=1S/C16H26N2O4/c1-11(16(21)22)18(13-7-8-13)15(20)10-17-14(19)9-6-12-4-2-3-5-12/h11-13H,2-10H2,1H3,(H,17,19)(H,21,22). The molecule has 2 N–H and O–H groups in total. The van der Waals surface area contributed by atoms with Gasteiger partial charge in [0.25, 0.3) is 0 Å². The number of carbonyl (C=O) groups excluding carboxylic acids is 2. The number of rotatable bonds is 8. The van der Waals surface area contributed by atoms with Crippen molar-refractivity contribution in [1.82, 2.24) is 10.2 Å². The minimum absolute atomic E-state index is 0.0222. The molecule has 2 rings (SSSR count). The van der Waals surface area contributed by atoms with Gasteiger partial charge in [0.15, 0.2) is 0 Å². The van der Waals surface area contributed by atoms with Crippen molar-refractivity contribution in [3.8, 4) is 0 Å². The van der Waals surface area contributed by atoms with E-state index in [4.69, 9.17) is 5.11 Å². The molecule has 0 aliphatic heterocycles. The summed E-state index contributed by atoms with van der Waals surface area (Å²) in [6, 6.07) is -0.815. The zero-order valence-corrected chi connectivity index (χ0v) is 13.2. The molecule has 0 aromatic heterocycles. The van der Waals surface area contributed by atoms with Gasteiger partial charge in [0.2, 0.25) is 11.8 Å². The molecule has 2 amide bonds. The lowest BCUT2D eigenvalue weighted by Gasteiger charge is -2.26. The van der Waals surface area contributed by atoms with Gasteiger partial charge in [0, 0.05) is 12.5 Å². The second-order valence-corrected chi connectivity index (χ2v) is 6.51. The first-order valence-electron chi connectivity index (χ1n) is 8.29. The second-order valence-electron chi connectivity index (χ2n) is 6.51. The van der Waals surface area contributed by atoms with Gasteiger partial charge in [0.05, 0.1) is 6.54 Å². The van der Waals surface area contributed by atoms with Crippen LogP contribution in [0.3, 0.4) is 0 Å². The molecule has 1 atom stereocenters. The maximum Gasteiger partial charge on any atom is 0.326 e. The number of carboxylic acid groups (broad SMARTS) is 1. The molecule has 1 unspecified atom stereocenters. The van der Waals surface area contributed by atoms with Gasteiger partial charge in [-0.1, -0.05) is 25.7 Å². The molecule has 0 saturated heterocycles. The predicted molar refractivity (Wildman–Crippen MR) is 81.2 cm³/mol. The third kappa shape index (κ3) is 4.71. The SMILES string of the molecule is CC(C(=O)O)N(C(=O)CNC(=O)CCC1CCCC1)C1CC1. The van der Waals surface area contributed by atoms with E-state index in [0.29, 0.717) is 12.3 Å². The molecule has 2 aliphatic carbocycles. The van der Waals surface area contributed by atoms with Crippen LogP contribution in [0.25, 0.3) is 0 Å². The first kappa shape index (κ1) is 16.8. The average molecular weight is 310 g/mol. The monoisotopic (exact) mass is 310 g/mol. The van der Waals surface area contributed by atoms with Crippen LogP contribution in [0.2, 0.25) is 0 Å². The Balaban J connectivity index is 1.72. The van der Waals surface area contributed by atoms with E-state index in [-0.39, 0.29) is 24.4 Å². The number of hydrogen-bond acceptors (Lipinski definition) is 3. The number of aliphatic carboxylic acids is 1. The second kappa shape index (κ2) is 7.61. The van der Waals surface area contributed by atoms with E-state index in [2.05, 4.69) is 5.32 Å². The number of carboxylic acids is 1. The Hall–Kier alpha value is -1.59. The smallest absolute Gasteiger partial charge is 0.326 e. The van der Waals surface area contributed by atoms with Gasteiger partial charge in [-0.2, -0.15) is 0 Å². The predicted octanol–water partition coefficient (Wildman–Crippen LogP) is 1.54. The normalized spacial score (nSPS) is 19.7. The van der Waals surface area contributed by atoms with E-state index in [1.165, 1.54) is 37.5 Å². The van der Waals surface area contributed by atoms with Gasteiger partial charge >= 0.3 is 5.97 Å². The summed E-state index contributed by atoms with van der Waals surface area (Å²) < 4.78 is 0. The largest absolute Gasteiger partial charge is 0.480 e. The lowest BCUT2D eigenvalue weighted by Crippen LogP contribution is -2.48. The van der Waals surface area contributed by atoms with Crippen molar-refractivity contribution in [1.29, 1.82) is 0 Å². The molecule has 6 nitrogen and oxygen atoms in total. The fraction of sp³-hybridized carbons (Fsp3) is 0.812. The van der Waals surface area contributed by atoms with E-state index < -0.39 is 12.0 Å². The van der Waals surface area contributed by atoms with Crippen molar-refractivity contribution < 1.29 is 19.5 Å². The van der Waals surface area contributed by atoms with Crippen LogP contribution in [0, 0.1) is 5.92 Å². The lowest BCUT2D eigenvalue weighted by atomic mass is 10.0. The molecular weight excluding hydrogens is 284 g/mol. The van der Waals surface area contributed by atoms with Gasteiger partial charge in [-0.05, 0) is 32.1 Å². The summed E-state index contributed by atoms with van der Waals surface area (Å²) in [5.74, 6) is -0.769. The summed E-state index contributed by atoms with van der Waals surface area (Å²) in [6.07, 6.45) is 7.96. The minimum Gasteiger partial charge on any atom is -0.480 e. The summed E-state index contributed by atoms with van der Waals surface area (Å²) in [4.78, 5) is 36.5. The molecule has 6 heteroatoms. The van der Waals surface area contributed by atoms with E-state index in [9.17, 15) is 14.4 Å². The van der Waals surface area contributed by atoms with Gasteiger partial charge in [-0.25, -0.2) is 4.79 Å². The van der Waals surface area contributed by atoms with Gasteiger partial charge in [0.1, 0.15) is 6.04 Å². The number of carbonyl (C=O) groups is 3. The van der Waals surface area contributed by atoms with Crippen LogP contribution < -0.4 is 5.32 Å². The Morgan fingerprint density at radius 3 is 2.36 bits per heavy atom. The number of nitrogens with zero attached hydrogens (tertiary/aromatic N) is 1. The summed E-state index contributed by atoms with van der Waals surface area (Å²) in [7, 11) is 0. The molecule has 0 bridgehead atoms. The van der Waals surface area contributed by atoms with Crippen molar-refractivity contribution in [3.05, 3.63) is 0 Å². The van der Waals surface area contributed by atoms with Crippen LogP contribution in [0.1, 0.15) is 58.3 Å². The molecule has 2 aliphatic rings. The summed E-state index contributed by atoms with van der Waals surface area (Å²) >= 11 is 0. The molecule has 0 radical (unpaired) electrons. The van der Waals surface area contributed by atoms with Crippen LogP contribution in [0.5, 0.6) is 0 Å². The molecule has 2 saturated carbocycles. The van der Waals surface area contributed by atoms with Crippen molar-refractivity contribution in [2.45, 2.75) is 70.4 Å². The summed E-state index contributed by atoms with van der Waals surface area (Å²) in [5.41, 5.74) is 0. The fourth-order valence-corrected chi connectivity index (χ4v) is 3.20. The fourth-order valence-electron chi connectivity index (χ4n) is 3.20. The first-order valence-corrected chi connectivity index (χ1v) is 8.29. The molecule has 0 aromatic carbocycles. The number of amides is 2.